The average Bonchev–Trinajstić information content (AvgIpc) is 2.24. The molecule has 0 saturated carbocycles. The molecule has 0 unspecified atom stereocenters. The number of likely N-dealkylation sites (tertiary alicyclic amines) is 1. The van der Waals surface area contributed by atoms with Gasteiger partial charge in [0.1, 0.15) is 5.60 Å². The maximum Gasteiger partial charge on any atom is 0.410 e. The first-order chi connectivity index (χ1) is 8.28. The molecule has 4 heteroatoms. The van der Waals surface area contributed by atoms with Crippen LogP contribution in [0.4, 0.5) is 4.79 Å². The van der Waals surface area contributed by atoms with E-state index in [9.17, 15) is 4.79 Å². The molecule has 1 aliphatic heterocycles. The summed E-state index contributed by atoms with van der Waals surface area (Å²) in [5.41, 5.74) is 5.64. The number of carbonyl (C=O) groups is 1. The van der Waals surface area contributed by atoms with E-state index in [0.29, 0.717) is 0 Å². The third-order valence-electron chi connectivity index (χ3n) is 3.48. The molecule has 1 heterocycles. The zero-order valence-corrected chi connectivity index (χ0v) is 12.4. The molecule has 1 saturated heterocycles. The highest BCUT2D eigenvalue weighted by Crippen LogP contribution is 2.28. The van der Waals surface area contributed by atoms with Crippen molar-refractivity contribution in [1.29, 1.82) is 0 Å². The monoisotopic (exact) mass is 256 g/mol. The zero-order chi connectivity index (χ0) is 13.9. The third kappa shape index (κ3) is 3.87. The molecule has 18 heavy (non-hydrogen) atoms. The Morgan fingerprint density at radius 3 is 2.00 bits per heavy atom. The third-order valence-corrected chi connectivity index (χ3v) is 3.48. The Labute approximate surface area is 111 Å². The van der Waals surface area contributed by atoms with Crippen LogP contribution >= 0.6 is 0 Å². The van der Waals surface area contributed by atoms with E-state index < -0.39 is 5.60 Å². The van der Waals surface area contributed by atoms with Gasteiger partial charge in [0.25, 0.3) is 0 Å². The predicted octanol–water partition coefficient (Wildman–Crippen LogP) is 2.90. The first-order valence-electron chi connectivity index (χ1n) is 7.05. The van der Waals surface area contributed by atoms with Crippen molar-refractivity contribution in [3.05, 3.63) is 0 Å². The van der Waals surface area contributed by atoms with Crippen LogP contribution in [0.1, 0.15) is 60.3 Å². The van der Waals surface area contributed by atoms with Gasteiger partial charge in [-0.25, -0.2) is 4.79 Å². The molecule has 0 bridgehead atoms. The number of amides is 1. The second-order valence-electron chi connectivity index (χ2n) is 6.24. The summed E-state index contributed by atoms with van der Waals surface area (Å²) >= 11 is 0. The summed E-state index contributed by atoms with van der Waals surface area (Å²) in [5, 5.41) is 0. The summed E-state index contributed by atoms with van der Waals surface area (Å²) in [6, 6.07) is 0.640. The molecule has 106 valence electrons. The molecule has 1 rings (SSSR count). The van der Waals surface area contributed by atoms with Crippen LogP contribution in [0.3, 0.4) is 0 Å². The van der Waals surface area contributed by atoms with Crippen LogP contribution in [0, 0.1) is 0 Å². The number of piperidine rings is 1. The first kappa shape index (κ1) is 15.3. The fraction of sp³-hybridized carbons (Fsp3) is 0.929. The van der Waals surface area contributed by atoms with E-state index in [-0.39, 0.29) is 24.2 Å². The smallest absolute Gasteiger partial charge is 0.410 e. The number of nitrogens with two attached hydrogens (primary N) is 1. The van der Waals surface area contributed by atoms with Crippen LogP contribution in [0.25, 0.3) is 0 Å². The van der Waals surface area contributed by atoms with E-state index in [1.165, 1.54) is 0 Å². The first-order valence-corrected chi connectivity index (χ1v) is 7.05. The lowest BCUT2D eigenvalue weighted by molar-refractivity contribution is -0.00903. The quantitative estimate of drug-likeness (QED) is 0.826. The Kier molecular flexibility index (Phi) is 5.02. The molecule has 4 nitrogen and oxygen atoms in total. The summed E-state index contributed by atoms with van der Waals surface area (Å²) in [5.74, 6) is 0. The molecule has 3 atom stereocenters. The molecule has 1 fully saturated rings. The van der Waals surface area contributed by atoms with Gasteiger partial charge in [0.15, 0.2) is 0 Å². The van der Waals surface area contributed by atoms with E-state index >= 15 is 0 Å². The molecule has 0 aromatic rings. The summed E-state index contributed by atoms with van der Waals surface area (Å²) in [4.78, 5) is 14.2. The maximum atomic E-state index is 12.3. The van der Waals surface area contributed by atoms with Crippen LogP contribution in [-0.2, 0) is 4.74 Å². The largest absolute Gasteiger partial charge is 0.444 e. The minimum Gasteiger partial charge on any atom is -0.444 e. The zero-order valence-electron chi connectivity index (χ0n) is 12.4. The van der Waals surface area contributed by atoms with Gasteiger partial charge in [-0.1, -0.05) is 13.8 Å². The number of carbonyl (C=O) groups excluding carboxylic acids is 1. The molecule has 0 radical (unpaired) electrons. The molecular weight excluding hydrogens is 228 g/mol. The predicted molar refractivity (Wildman–Crippen MR) is 73.4 cm³/mol. The molecular formula is C14H28N2O2. The minimum absolute atomic E-state index is 0.187. The molecule has 0 aliphatic carbocycles. The van der Waals surface area contributed by atoms with Crippen LogP contribution in [-0.4, -0.2) is 34.7 Å². The Morgan fingerprint density at radius 1 is 1.22 bits per heavy atom. The van der Waals surface area contributed by atoms with Crippen LogP contribution in [0.5, 0.6) is 0 Å². The Balaban J connectivity index is 2.82. The second kappa shape index (κ2) is 5.91. The lowest BCUT2D eigenvalue weighted by Gasteiger charge is -2.44. The van der Waals surface area contributed by atoms with Gasteiger partial charge in [-0.05, 0) is 46.5 Å². The molecule has 0 aromatic carbocycles. The van der Waals surface area contributed by atoms with E-state index in [4.69, 9.17) is 10.5 Å². The number of ether oxygens (including phenoxy) is 1. The Morgan fingerprint density at radius 2 is 1.67 bits per heavy atom. The van der Waals surface area contributed by atoms with E-state index in [1.807, 2.05) is 25.7 Å². The summed E-state index contributed by atoms with van der Waals surface area (Å²) in [6.07, 6.45) is 3.44. The Hall–Kier alpha value is -0.770. The number of hydrogen-bond acceptors (Lipinski definition) is 3. The highest BCUT2D eigenvalue weighted by atomic mass is 16.6. The molecule has 0 spiro atoms. The van der Waals surface area contributed by atoms with Crippen molar-refractivity contribution < 1.29 is 9.53 Å². The second-order valence-corrected chi connectivity index (χ2v) is 6.24. The summed E-state index contributed by atoms with van der Waals surface area (Å²) in [6.45, 7) is 9.92. The van der Waals surface area contributed by atoms with Crippen LogP contribution < -0.4 is 5.73 Å². The normalized spacial score (nSPS) is 29.2. The molecule has 2 N–H and O–H groups in total. The lowest BCUT2D eigenvalue weighted by atomic mass is 9.89. The van der Waals surface area contributed by atoms with Crippen LogP contribution in [0.15, 0.2) is 0 Å². The van der Waals surface area contributed by atoms with Gasteiger partial charge >= 0.3 is 6.09 Å². The topological polar surface area (TPSA) is 55.6 Å². The minimum atomic E-state index is -0.437. The number of rotatable bonds is 2. The van der Waals surface area contributed by atoms with Crippen molar-refractivity contribution >= 4 is 6.09 Å². The number of nitrogens with zero attached hydrogens (tertiary/aromatic N) is 1. The summed E-state index contributed by atoms with van der Waals surface area (Å²) in [7, 11) is 0. The van der Waals surface area contributed by atoms with Gasteiger partial charge in [0.2, 0.25) is 0 Å². The van der Waals surface area contributed by atoms with Gasteiger partial charge in [-0.3, -0.25) is 0 Å². The molecule has 1 aliphatic rings. The highest BCUT2D eigenvalue weighted by Gasteiger charge is 2.37. The SMILES string of the molecule is CC[C@@H]1C[C@H](N)C[C@H](CC)N1C(=O)OC(C)(C)C. The van der Waals surface area contributed by atoms with Gasteiger partial charge in [0.05, 0.1) is 0 Å². The van der Waals surface area contributed by atoms with E-state index in [0.717, 1.165) is 25.7 Å². The Bertz CT molecular complexity index is 272. The van der Waals surface area contributed by atoms with Gasteiger partial charge in [-0.15, -0.1) is 0 Å². The highest BCUT2D eigenvalue weighted by molar-refractivity contribution is 5.69. The van der Waals surface area contributed by atoms with E-state index in [2.05, 4.69) is 13.8 Å². The number of hydrogen-bond donors (Lipinski definition) is 1. The van der Waals surface area contributed by atoms with Crippen LogP contribution in [0.2, 0.25) is 0 Å². The van der Waals surface area contributed by atoms with Crippen molar-refractivity contribution in [3.8, 4) is 0 Å². The molecule has 1 amide bonds. The molecule has 0 aromatic heterocycles. The average molecular weight is 256 g/mol. The lowest BCUT2D eigenvalue weighted by Crippen LogP contribution is -2.55. The van der Waals surface area contributed by atoms with Crippen molar-refractivity contribution in [2.24, 2.45) is 5.73 Å². The maximum absolute atomic E-state index is 12.3. The fourth-order valence-electron chi connectivity index (χ4n) is 2.66. The van der Waals surface area contributed by atoms with Crippen molar-refractivity contribution in [2.75, 3.05) is 0 Å². The van der Waals surface area contributed by atoms with Crippen molar-refractivity contribution in [2.45, 2.75) is 84.0 Å². The van der Waals surface area contributed by atoms with Crippen molar-refractivity contribution in [3.63, 3.8) is 0 Å². The van der Waals surface area contributed by atoms with Gasteiger partial charge in [-0.2, -0.15) is 0 Å². The van der Waals surface area contributed by atoms with Gasteiger partial charge in [0, 0.05) is 18.1 Å². The van der Waals surface area contributed by atoms with Gasteiger partial charge < -0.3 is 15.4 Å². The van der Waals surface area contributed by atoms with E-state index in [1.54, 1.807) is 0 Å². The fourth-order valence-corrected chi connectivity index (χ4v) is 2.66. The standard InChI is InChI=1S/C14H28N2O2/c1-6-11-8-10(15)9-12(7-2)16(11)13(17)18-14(3,4)5/h10-12H,6-9,15H2,1-5H3/t10-,11+,12-. The van der Waals surface area contributed by atoms with Crippen molar-refractivity contribution in [1.82, 2.24) is 4.90 Å². The summed E-state index contributed by atoms with van der Waals surface area (Å²) < 4.78 is 5.52.